The fourth-order valence-corrected chi connectivity index (χ4v) is 5.99. The number of nitrogens with one attached hydrogen (secondary N) is 1. The predicted molar refractivity (Wildman–Crippen MR) is 153 cm³/mol. The molecule has 2 amide bonds. The molecule has 4 atom stereocenters. The Morgan fingerprint density at radius 2 is 2.03 bits per heavy atom. The Kier molecular flexibility index (Phi) is 9.69. The van der Waals surface area contributed by atoms with E-state index in [1.54, 1.807) is 11.3 Å². The Balaban J connectivity index is 1.49. The van der Waals surface area contributed by atoms with Crippen molar-refractivity contribution in [3.05, 3.63) is 51.8 Å². The van der Waals surface area contributed by atoms with Gasteiger partial charge in [-0.05, 0) is 36.0 Å². The molecule has 1 unspecified atom stereocenters. The quantitative estimate of drug-likeness (QED) is 0.296. The summed E-state index contributed by atoms with van der Waals surface area (Å²) in [7, 11) is 0. The minimum absolute atomic E-state index is 0.0378. The van der Waals surface area contributed by atoms with Crippen molar-refractivity contribution >= 4 is 50.7 Å². The van der Waals surface area contributed by atoms with Crippen LogP contribution >= 0.6 is 38.9 Å². The van der Waals surface area contributed by atoms with Crippen LogP contribution in [0.4, 0.5) is 0 Å². The number of aliphatic hydroxyl groups is 1. The number of amides is 2. The van der Waals surface area contributed by atoms with E-state index in [0.29, 0.717) is 11.9 Å². The summed E-state index contributed by atoms with van der Waals surface area (Å²) in [4.78, 5) is 34.0. The van der Waals surface area contributed by atoms with E-state index in [1.165, 1.54) is 4.90 Å². The molecule has 0 bridgehead atoms. The molecule has 0 spiro atoms. The van der Waals surface area contributed by atoms with Crippen LogP contribution in [-0.2, 0) is 9.59 Å². The van der Waals surface area contributed by atoms with Gasteiger partial charge < -0.3 is 24.6 Å². The first-order valence-electron chi connectivity index (χ1n) is 12.8. The molecule has 12 heteroatoms. The van der Waals surface area contributed by atoms with Crippen molar-refractivity contribution in [1.29, 1.82) is 0 Å². The van der Waals surface area contributed by atoms with Crippen molar-refractivity contribution in [2.45, 2.75) is 58.2 Å². The number of rotatable bonds is 10. The molecule has 3 heterocycles. The fraction of sp³-hybridized carbons (Fsp3) is 0.481. The van der Waals surface area contributed by atoms with Crippen LogP contribution in [0, 0.1) is 12.8 Å². The van der Waals surface area contributed by atoms with Gasteiger partial charge in [0.25, 0.3) is 5.88 Å². The average Bonchev–Trinajstić information content (AvgIpc) is 3.61. The third kappa shape index (κ3) is 6.48. The molecule has 1 fully saturated rings. The van der Waals surface area contributed by atoms with Gasteiger partial charge in [-0.3, -0.25) is 9.59 Å². The van der Waals surface area contributed by atoms with Gasteiger partial charge in [0.1, 0.15) is 17.0 Å². The van der Waals surface area contributed by atoms with Crippen LogP contribution < -0.4 is 10.1 Å². The van der Waals surface area contributed by atoms with Gasteiger partial charge in [-0.2, -0.15) is 0 Å². The molecule has 210 valence electrons. The Hall–Kier alpha value is -2.47. The second-order valence-electron chi connectivity index (χ2n) is 9.94. The first-order chi connectivity index (χ1) is 18.6. The maximum Gasteiger partial charge on any atom is 0.273 e. The zero-order valence-electron chi connectivity index (χ0n) is 22.2. The topological polar surface area (TPSA) is 118 Å². The van der Waals surface area contributed by atoms with Crippen LogP contribution in [0.1, 0.15) is 56.2 Å². The van der Waals surface area contributed by atoms with Crippen molar-refractivity contribution < 1.29 is 24.0 Å². The standard InChI is InChI=1S/C27H32BrClN4O5S/c1-14(2)21(23-22(29)26(32-38-23)37-10-9-28)27(36)33-12-19(34)11-20(33)25(35)31-15(3)17-5-7-18(8-6-17)24-16(4)30-13-39-24/h5-8,13-15,19-21,34H,9-12H2,1-4H3,(H,31,35)/t15-,19+,20-,21?/m0/s1. The van der Waals surface area contributed by atoms with E-state index in [-0.39, 0.29) is 53.4 Å². The number of aromatic nitrogens is 2. The summed E-state index contributed by atoms with van der Waals surface area (Å²) in [6.07, 6.45) is -0.680. The normalized spacial score (nSPS) is 18.8. The summed E-state index contributed by atoms with van der Waals surface area (Å²) in [5.41, 5.74) is 4.80. The zero-order chi connectivity index (χ0) is 28.3. The number of nitrogens with zero attached hydrogens (tertiary/aromatic N) is 3. The van der Waals surface area contributed by atoms with E-state index in [2.05, 4.69) is 31.4 Å². The van der Waals surface area contributed by atoms with E-state index >= 15 is 0 Å². The van der Waals surface area contributed by atoms with Crippen LogP contribution in [0.25, 0.3) is 10.4 Å². The number of β-amino-alcohol motifs (C(OH)–C–C–N with tert-alkyl or cyclic N) is 1. The number of benzene rings is 1. The minimum atomic E-state index is -0.832. The average molecular weight is 640 g/mol. The van der Waals surface area contributed by atoms with Gasteiger partial charge in [0, 0.05) is 18.3 Å². The number of hydrogen-bond acceptors (Lipinski definition) is 8. The number of ether oxygens (including phenoxy) is 1. The summed E-state index contributed by atoms with van der Waals surface area (Å²) >= 11 is 11.3. The molecule has 0 aliphatic carbocycles. The SMILES string of the molecule is Cc1ncsc1-c1ccc([C@H](C)NC(=O)[C@@H]2C[C@@H](O)CN2C(=O)C(c2onc(OCCBr)c2Cl)C(C)C)cc1. The second kappa shape index (κ2) is 12.8. The smallest absolute Gasteiger partial charge is 0.273 e. The highest BCUT2D eigenvalue weighted by Gasteiger charge is 2.44. The van der Waals surface area contributed by atoms with Gasteiger partial charge in [-0.25, -0.2) is 4.98 Å². The highest BCUT2D eigenvalue weighted by molar-refractivity contribution is 9.09. The van der Waals surface area contributed by atoms with Gasteiger partial charge >= 0.3 is 0 Å². The number of carbonyl (C=O) groups is 2. The lowest BCUT2D eigenvalue weighted by Crippen LogP contribution is -2.48. The molecule has 0 saturated carbocycles. The summed E-state index contributed by atoms with van der Waals surface area (Å²) < 4.78 is 10.9. The lowest BCUT2D eigenvalue weighted by atomic mass is 9.91. The molecule has 1 aromatic carbocycles. The molecule has 39 heavy (non-hydrogen) atoms. The third-order valence-corrected chi connectivity index (χ3v) is 8.45. The Morgan fingerprint density at radius 3 is 2.64 bits per heavy atom. The summed E-state index contributed by atoms with van der Waals surface area (Å²) in [5.74, 6) is -1.40. The third-order valence-electron chi connectivity index (χ3n) is 6.80. The highest BCUT2D eigenvalue weighted by atomic mass is 79.9. The maximum atomic E-state index is 13.8. The molecule has 1 saturated heterocycles. The van der Waals surface area contributed by atoms with Gasteiger partial charge in [-0.15, -0.1) is 11.3 Å². The number of carbonyl (C=O) groups excluding carboxylic acids is 2. The molecule has 4 rings (SSSR count). The number of likely N-dealkylation sites (tertiary alicyclic amines) is 1. The van der Waals surface area contributed by atoms with Crippen LogP contribution in [-0.4, -0.2) is 62.6 Å². The number of alkyl halides is 1. The summed E-state index contributed by atoms with van der Waals surface area (Å²) in [6, 6.07) is 6.84. The van der Waals surface area contributed by atoms with Crippen molar-refractivity contribution in [2.75, 3.05) is 18.5 Å². The fourth-order valence-electron chi connectivity index (χ4n) is 4.77. The molecule has 1 aliphatic rings. The van der Waals surface area contributed by atoms with Crippen LogP contribution in [0.15, 0.2) is 34.3 Å². The van der Waals surface area contributed by atoms with E-state index in [0.717, 1.165) is 21.7 Å². The van der Waals surface area contributed by atoms with Gasteiger partial charge in [-0.1, -0.05) is 65.6 Å². The molecule has 2 aromatic heterocycles. The predicted octanol–water partition coefficient (Wildman–Crippen LogP) is 5.11. The van der Waals surface area contributed by atoms with E-state index in [9.17, 15) is 14.7 Å². The summed E-state index contributed by atoms with van der Waals surface area (Å²) in [5, 5.41) is 18.1. The van der Waals surface area contributed by atoms with Crippen molar-refractivity contribution in [1.82, 2.24) is 20.4 Å². The van der Waals surface area contributed by atoms with Crippen LogP contribution in [0.3, 0.4) is 0 Å². The van der Waals surface area contributed by atoms with E-state index < -0.39 is 18.1 Å². The number of halogens is 2. The summed E-state index contributed by atoms with van der Waals surface area (Å²) in [6.45, 7) is 7.96. The van der Waals surface area contributed by atoms with Gasteiger partial charge in [0.05, 0.1) is 34.8 Å². The number of aryl methyl sites for hydroxylation is 1. The molecular weight excluding hydrogens is 608 g/mol. The molecule has 3 aromatic rings. The largest absolute Gasteiger partial charge is 0.474 e. The highest BCUT2D eigenvalue weighted by Crippen LogP contribution is 2.38. The Bertz CT molecular complexity index is 1300. The second-order valence-corrected chi connectivity index (χ2v) is 12.0. The van der Waals surface area contributed by atoms with Crippen molar-refractivity contribution in [2.24, 2.45) is 5.92 Å². The molecule has 0 radical (unpaired) electrons. The lowest BCUT2D eigenvalue weighted by Gasteiger charge is -2.29. The Labute approximate surface area is 245 Å². The van der Waals surface area contributed by atoms with E-state index in [4.69, 9.17) is 20.9 Å². The maximum absolute atomic E-state index is 13.8. The van der Waals surface area contributed by atoms with Crippen molar-refractivity contribution in [3.63, 3.8) is 0 Å². The van der Waals surface area contributed by atoms with Crippen molar-refractivity contribution in [3.8, 4) is 16.3 Å². The minimum Gasteiger partial charge on any atom is -0.474 e. The number of thiazole rings is 1. The van der Waals surface area contributed by atoms with Crippen LogP contribution in [0.5, 0.6) is 5.88 Å². The van der Waals surface area contributed by atoms with E-state index in [1.807, 2.05) is 57.5 Å². The van der Waals surface area contributed by atoms with Crippen LogP contribution in [0.2, 0.25) is 5.02 Å². The van der Waals surface area contributed by atoms with Gasteiger partial charge in [0.15, 0.2) is 5.76 Å². The molecule has 9 nitrogen and oxygen atoms in total. The van der Waals surface area contributed by atoms with Gasteiger partial charge in [0.2, 0.25) is 11.8 Å². The zero-order valence-corrected chi connectivity index (χ0v) is 25.3. The molecule has 2 N–H and O–H groups in total. The number of aliphatic hydroxyl groups excluding tert-OH is 1. The lowest BCUT2D eigenvalue weighted by molar-refractivity contribution is -0.141. The Morgan fingerprint density at radius 1 is 1.31 bits per heavy atom. The molecular formula is C27H32BrClN4O5S. The monoisotopic (exact) mass is 638 g/mol. The molecule has 1 aliphatic heterocycles. The number of hydrogen-bond donors (Lipinski definition) is 2. The first-order valence-corrected chi connectivity index (χ1v) is 15.1. The first kappa shape index (κ1) is 29.5.